The van der Waals surface area contributed by atoms with E-state index in [0.29, 0.717) is 17.8 Å². The Balaban J connectivity index is 1.67. The lowest BCUT2D eigenvalue weighted by atomic mass is 10.1. The summed E-state index contributed by atoms with van der Waals surface area (Å²) in [5.74, 6) is -3.27. The number of sulfonamides is 1. The Labute approximate surface area is 230 Å². The summed E-state index contributed by atoms with van der Waals surface area (Å²) in [6.45, 7) is 0.360. The highest BCUT2D eigenvalue weighted by Gasteiger charge is 2.25. The summed E-state index contributed by atoms with van der Waals surface area (Å²) >= 11 is 1.93. The molecule has 9 N–H and O–H groups in total. The van der Waals surface area contributed by atoms with Gasteiger partial charge in [0, 0.05) is 17.6 Å². The van der Waals surface area contributed by atoms with Crippen molar-refractivity contribution in [1.29, 1.82) is 0 Å². The fraction of sp³-hybridized carbons (Fsp3) is 0.227. The highest BCUT2D eigenvalue weighted by molar-refractivity contribution is 7.92. The number of rotatable bonds is 14. The van der Waals surface area contributed by atoms with E-state index in [1.165, 1.54) is 29.6 Å². The van der Waals surface area contributed by atoms with E-state index < -0.39 is 33.9 Å². The number of carbonyl (C=O) groups excluding carboxylic acids is 1. The number of anilines is 2. The number of aromatic carboxylic acids is 1. The molecular weight excluding hydrogens is 570 g/mol. The number of carboxylic acids is 2. The summed E-state index contributed by atoms with van der Waals surface area (Å²) in [6, 6.07) is 6.05. The van der Waals surface area contributed by atoms with Crippen LogP contribution in [0.25, 0.3) is 0 Å². The number of guanidine groups is 1. The summed E-state index contributed by atoms with van der Waals surface area (Å²) in [7, 11) is -4.13. The first-order valence-electron chi connectivity index (χ1n) is 11.2. The molecule has 17 heteroatoms. The van der Waals surface area contributed by atoms with Crippen molar-refractivity contribution in [1.82, 2.24) is 10.3 Å². The molecule has 1 amide bonds. The van der Waals surface area contributed by atoms with E-state index in [1.807, 2.05) is 0 Å². The molecule has 208 valence electrons. The molecule has 0 aliphatic carbocycles. The second-order valence-corrected chi connectivity index (χ2v) is 11.4. The summed E-state index contributed by atoms with van der Waals surface area (Å²) < 4.78 is 28.5. The van der Waals surface area contributed by atoms with Gasteiger partial charge in [0.15, 0.2) is 5.96 Å². The Bertz CT molecular complexity index is 1480. The second-order valence-electron chi connectivity index (χ2n) is 7.91. The molecule has 2 aromatic heterocycles. The number of aromatic nitrogens is 1. The Morgan fingerprint density at radius 1 is 1.13 bits per heavy atom. The normalized spacial score (nSPS) is 11.8. The maximum absolute atomic E-state index is 13.1. The minimum atomic E-state index is -4.13. The lowest BCUT2D eigenvalue weighted by molar-refractivity contribution is -0.139. The molecule has 1 atom stereocenters. The minimum absolute atomic E-state index is 0.0100. The van der Waals surface area contributed by atoms with Gasteiger partial charge in [-0.05, 0) is 42.5 Å². The molecule has 39 heavy (non-hydrogen) atoms. The van der Waals surface area contributed by atoms with Crippen LogP contribution in [-0.4, -0.2) is 60.0 Å². The number of aliphatic imine (C=N–C) groups is 1. The second kappa shape index (κ2) is 13.0. The first kappa shape index (κ1) is 29.3. The van der Waals surface area contributed by atoms with E-state index in [1.54, 1.807) is 11.4 Å². The van der Waals surface area contributed by atoms with Crippen LogP contribution in [0.5, 0.6) is 0 Å². The number of amides is 1. The highest BCUT2D eigenvalue weighted by Crippen LogP contribution is 2.26. The number of nitrogens with zero attached hydrogens (tertiary/aromatic N) is 2. The van der Waals surface area contributed by atoms with Crippen LogP contribution in [-0.2, 0) is 21.4 Å². The van der Waals surface area contributed by atoms with Gasteiger partial charge in [0.2, 0.25) is 5.01 Å². The predicted molar refractivity (Wildman–Crippen MR) is 147 cm³/mol. The lowest BCUT2D eigenvalue weighted by Crippen LogP contribution is -2.40. The molecule has 0 aliphatic rings. The smallest absolute Gasteiger partial charge is 0.365 e. The predicted octanol–water partition coefficient (Wildman–Crippen LogP) is 1.55. The SMILES string of the molecule is NC(N)=NCCCC(NC(=O)c1sccc1NS(=O)(=O)c1cccc(NCc2csc(C(=O)O)n2)c1)C(=O)O. The molecule has 0 aliphatic heterocycles. The summed E-state index contributed by atoms with van der Waals surface area (Å²) in [5.41, 5.74) is 11.4. The van der Waals surface area contributed by atoms with Crippen LogP contribution in [0, 0.1) is 0 Å². The molecule has 14 nitrogen and oxygen atoms in total. The molecule has 3 aromatic rings. The Morgan fingerprint density at radius 2 is 1.90 bits per heavy atom. The van der Waals surface area contributed by atoms with E-state index in [4.69, 9.17) is 16.6 Å². The number of thiazole rings is 1. The number of nitrogens with two attached hydrogens (primary N) is 2. The van der Waals surface area contributed by atoms with Crippen LogP contribution in [0.3, 0.4) is 0 Å². The standard InChI is InChI=1S/C22H25N7O7S3/c23-22(24)25-7-2-5-16(20(31)32)28-18(30)17-15(6-8-37-17)29-39(35,36)14-4-1-3-12(9-14)26-10-13-11-38-19(27-13)21(33)34/h1,3-4,6,8-9,11,16,26,29H,2,5,7,10H2,(H,28,30)(H,31,32)(H,33,34)(H4,23,24,25). The third kappa shape index (κ3) is 8.39. The summed E-state index contributed by atoms with van der Waals surface area (Å²) in [4.78, 5) is 43.0. The molecule has 1 aromatic carbocycles. The number of thiophene rings is 1. The van der Waals surface area contributed by atoms with Crippen LogP contribution in [0.2, 0.25) is 0 Å². The maximum atomic E-state index is 13.1. The van der Waals surface area contributed by atoms with Crippen molar-refractivity contribution >= 4 is 67.9 Å². The molecular formula is C22H25N7O7S3. The molecule has 1 unspecified atom stereocenters. The monoisotopic (exact) mass is 595 g/mol. The fourth-order valence-corrected chi connectivity index (χ4v) is 5.79. The summed E-state index contributed by atoms with van der Waals surface area (Å²) in [6.07, 6.45) is 0.356. The van der Waals surface area contributed by atoms with E-state index in [9.17, 15) is 27.9 Å². The lowest BCUT2D eigenvalue weighted by Gasteiger charge is -2.15. The van der Waals surface area contributed by atoms with Gasteiger partial charge in [-0.15, -0.1) is 22.7 Å². The largest absolute Gasteiger partial charge is 0.480 e. The summed E-state index contributed by atoms with van der Waals surface area (Å²) in [5, 5.41) is 26.9. The number of carbonyl (C=O) groups is 3. The minimum Gasteiger partial charge on any atom is -0.480 e. The Hall–Kier alpha value is -4.22. The molecule has 0 fully saturated rings. The van der Waals surface area contributed by atoms with Gasteiger partial charge in [0.25, 0.3) is 15.9 Å². The first-order valence-corrected chi connectivity index (χ1v) is 14.4. The van der Waals surface area contributed by atoms with Crippen molar-refractivity contribution in [2.45, 2.75) is 30.3 Å². The number of hydrogen-bond acceptors (Lipinski definition) is 10. The molecule has 0 radical (unpaired) electrons. The molecule has 0 saturated carbocycles. The van der Waals surface area contributed by atoms with Crippen LogP contribution >= 0.6 is 22.7 Å². The third-order valence-electron chi connectivity index (χ3n) is 5.02. The first-order chi connectivity index (χ1) is 18.5. The van der Waals surface area contributed by atoms with Crippen molar-refractivity contribution in [3.63, 3.8) is 0 Å². The molecule has 2 heterocycles. The molecule has 0 saturated heterocycles. The highest BCUT2D eigenvalue weighted by atomic mass is 32.2. The van der Waals surface area contributed by atoms with Crippen molar-refractivity contribution < 1.29 is 33.0 Å². The number of hydrogen-bond donors (Lipinski definition) is 7. The topological polar surface area (TPSA) is 239 Å². The van der Waals surface area contributed by atoms with Gasteiger partial charge in [-0.1, -0.05) is 6.07 Å². The van der Waals surface area contributed by atoms with E-state index in [-0.39, 0.29) is 45.9 Å². The third-order valence-corrected chi connectivity index (χ3v) is 8.17. The zero-order valence-corrected chi connectivity index (χ0v) is 22.6. The zero-order chi connectivity index (χ0) is 28.6. The van der Waals surface area contributed by atoms with Gasteiger partial charge in [0.1, 0.15) is 10.9 Å². The van der Waals surface area contributed by atoms with Crippen molar-refractivity contribution in [2.24, 2.45) is 16.5 Å². The average molecular weight is 596 g/mol. The molecule has 0 bridgehead atoms. The van der Waals surface area contributed by atoms with Crippen LogP contribution in [0.15, 0.2) is 51.0 Å². The van der Waals surface area contributed by atoms with Gasteiger partial charge in [-0.2, -0.15) is 0 Å². The van der Waals surface area contributed by atoms with E-state index >= 15 is 0 Å². The van der Waals surface area contributed by atoms with Crippen molar-refractivity contribution in [3.8, 4) is 0 Å². The van der Waals surface area contributed by atoms with Gasteiger partial charge in [0.05, 0.1) is 22.8 Å². The fourth-order valence-electron chi connectivity index (χ4n) is 3.21. The number of benzene rings is 1. The molecule has 3 rings (SSSR count). The van der Waals surface area contributed by atoms with Crippen LogP contribution in [0.4, 0.5) is 11.4 Å². The number of aliphatic carboxylic acids is 1. The number of nitrogens with one attached hydrogen (secondary N) is 3. The van der Waals surface area contributed by atoms with Crippen molar-refractivity contribution in [2.75, 3.05) is 16.6 Å². The Morgan fingerprint density at radius 3 is 2.56 bits per heavy atom. The average Bonchev–Trinajstić information content (AvgIpc) is 3.54. The molecule has 0 spiro atoms. The Kier molecular flexibility index (Phi) is 9.80. The van der Waals surface area contributed by atoms with E-state index in [0.717, 1.165) is 22.7 Å². The van der Waals surface area contributed by atoms with Gasteiger partial charge in [-0.3, -0.25) is 14.5 Å². The zero-order valence-electron chi connectivity index (χ0n) is 20.2. The quantitative estimate of drug-likeness (QED) is 0.0801. The van der Waals surface area contributed by atoms with Crippen LogP contribution in [0.1, 0.15) is 38.0 Å². The van der Waals surface area contributed by atoms with Crippen molar-refractivity contribution in [3.05, 3.63) is 56.7 Å². The van der Waals surface area contributed by atoms with Gasteiger partial charge in [-0.25, -0.2) is 23.0 Å². The number of carboxylic acid groups (broad SMARTS) is 2. The van der Waals surface area contributed by atoms with Crippen LogP contribution < -0.4 is 26.8 Å². The van der Waals surface area contributed by atoms with E-state index in [2.05, 4.69) is 25.3 Å². The van der Waals surface area contributed by atoms with Gasteiger partial charge >= 0.3 is 11.9 Å². The van der Waals surface area contributed by atoms with Gasteiger partial charge < -0.3 is 32.3 Å². The maximum Gasteiger partial charge on any atom is 0.365 e.